The summed E-state index contributed by atoms with van der Waals surface area (Å²) in [7, 11) is 0. The van der Waals surface area contributed by atoms with Crippen molar-refractivity contribution >= 4 is 46.4 Å². The largest absolute Gasteiger partial charge is 0.367 e. The van der Waals surface area contributed by atoms with Gasteiger partial charge >= 0.3 is 0 Å². The fraction of sp³-hybridized carbons (Fsp3) is 0.278. The number of hydrogen-bond donors (Lipinski definition) is 1. The topological polar surface area (TPSA) is 49.6 Å². The van der Waals surface area contributed by atoms with Crippen molar-refractivity contribution in [3.63, 3.8) is 0 Å². The first kappa shape index (κ1) is 19.9. The highest BCUT2D eigenvalue weighted by Gasteiger charge is 2.21. The molecule has 3 rings (SSSR count). The lowest BCUT2D eigenvalue weighted by Crippen LogP contribution is -2.50. The number of amides is 1. The zero-order chi connectivity index (χ0) is 18.2. The Kier molecular flexibility index (Phi) is 7.85. The number of rotatable bonds is 2. The molecule has 1 heterocycles. The summed E-state index contributed by atoms with van der Waals surface area (Å²) in [6.45, 7) is 2.94. The van der Waals surface area contributed by atoms with Crippen LogP contribution in [0.3, 0.4) is 0 Å². The van der Waals surface area contributed by atoms with Crippen LogP contribution in [0.4, 0.5) is 5.69 Å². The van der Waals surface area contributed by atoms with E-state index in [9.17, 15) is 4.79 Å². The minimum absolute atomic E-state index is 0.00291. The second kappa shape index (κ2) is 9.88. The Labute approximate surface area is 163 Å². The van der Waals surface area contributed by atoms with Crippen LogP contribution in [0.5, 0.6) is 0 Å². The maximum absolute atomic E-state index is 11.5. The van der Waals surface area contributed by atoms with E-state index in [1.165, 1.54) is 0 Å². The summed E-state index contributed by atoms with van der Waals surface area (Å²) in [6.07, 6.45) is 0. The predicted molar refractivity (Wildman–Crippen MR) is 106 cm³/mol. The summed E-state index contributed by atoms with van der Waals surface area (Å²) in [4.78, 5) is 15.4. The fourth-order valence-corrected chi connectivity index (χ4v) is 3.15. The standard InChI is InChI=1S/C12H15Cl2N3O.C6H5Cl/c13-9-1-2-11(10(14)7-9)16-3-5-17(6-4-16)12(18)8-15;7-6-4-2-1-3-5-6/h1-2,7H,3-6,8,15H2;1-5H. The monoisotopic (exact) mass is 399 g/mol. The Morgan fingerprint density at radius 3 is 2.04 bits per heavy atom. The summed E-state index contributed by atoms with van der Waals surface area (Å²) < 4.78 is 0. The first-order valence-corrected chi connectivity index (χ1v) is 9.03. The molecule has 0 radical (unpaired) electrons. The summed E-state index contributed by atoms with van der Waals surface area (Å²) >= 11 is 17.6. The molecule has 2 N–H and O–H groups in total. The van der Waals surface area contributed by atoms with E-state index < -0.39 is 0 Å². The van der Waals surface area contributed by atoms with E-state index in [0.29, 0.717) is 23.1 Å². The van der Waals surface area contributed by atoms with Gasteiger partial charge in [-0.25, -0.2) is 0 Å². The Hall–Kier alpha value is -1.46. The van der Waals surface area contributed by atoms with Crippen molar-refractivity contribution in [1.29, 1.82) is 0 Å². The molecule has 7 heteroatoms. The Bertz CT molecular complexity index is 689. The van der Waals surface area contributed by atoms with E-state index in [-0.39, 0.29) is 12.5 Å². The third kappa shape index (κ3) is 6.08. The number of halogens is 3. The minimum atomic E-state index is -0.00291. The first-order valence-electron chi connectivity index (χ1n) is 7.89. The molecular weight excluding hydrogens is 381 g/mol. The Morgan fingerprint density at radius 2 is 1.56 bits per heavy atom. The third-order valence-electron chi connectivity index (χ3n) is 3.79. The molecule has 0 bridgehead atoms. The predicted octanol–water partition coefficient (Wildman–Crippen LogP) is 3.94. The molecule has 0 unspecified atom stereocenters. The molecule has 0 aliphatic carbocycles. The van der Waals surface area contributed by atoms with Gasteiger partial charge in [-0.3, -0.25) is 4.79 Å². The van der Waals surface area contributed by atoms with Gasteiger partial charge in [-0.15, -0.1) is 0 Å². The van der Waals surface area contributed by atoms with Crippen LogP contribution in [0.15, 0.2) is 48.5 Å². The van der Waals surface area contributed by atoms with Crippen molar-refractivity contribution in [3.05, 3.63) is 63.6 Å². The molecule has 0 atom stereocenters. The van der Waals surface area contributed by atoms with E-state index >= 15 is 0 Å². The summed E-state index contributed by atoms with van der Waals surface area (Å²) in [5, 5.41) is 2.06. The lowest BCUT2D eigenvalue weighted by atomic mass is 10.2. The van der Waals surface area contributed by atoms with E-state index in [2.05, 4.69) is 4.90 Å². The number of carbonyl (C=O) groups is 1. The summed E-state index contributed by atoms with van der Waals surface area (Å²) in [5.74, 6) is -0.00291. The second-order valence-corrected chi connectivity index (χ2v) is 6.74. The van der Waals surface area contributed by atoms with Gasteiger partial charge in [0.05, 0.1) is 17.3 Å². The van der Waals surface area contributed by atoms with Gasteiger partial charge in [-0.2, -0.15) is 0 Å². The number of piperazine rings is 1. The molecule has 0 spiro atoms. The van der Waals surface area contributed by atoms with Crippen molar-refractivity contribution in [3.8, 4) is 0 Å². The van der Waals surface area contributed by atoms with E-state index in [1.54, 1.807) is 11.0 Å². The Morgan fingerprint density at radius 1 is 0.920 bits per heavy atom. The van der Waals surface area contributed by atoms with Crippen LogP contribution in [0, 0.1) is 0 Å². The zero-order valence-corrected chi connectivity index (χ0v) is 15.9. The zero-order valence-electron chi connectivity index (χ0n) is 13.7. The molecule has 0 aromatic heterocycles. The van der Waals surface area contributed by atoms with Gasteiger partial charge < -0.3 is 15.5 Å². The molecule has 1 saturated heterocycles. The van der Waals surface area contributed by atoms with E-state index in [4.69, 9.17) is 40.5 Å². The van der Waals surface area contributed by atoms with Crippen molar-refractivity contribution in [2.24, 2.45) is 5.73 Å². The van der Waals surface area contributed by atoms with Crippen molar-refractivity contribution < 1.29 is 4.79 Å². The molecule has 0 saturated carbocycles. The lowest BCUT2D eigenvalue weighted by molar-refractivity contribution is -0.129. The van der Waals surface area contributed by atoms with Crippen LogP contribution in [0.25, 0.3) is 0 Å². The van der Waals surface area contributed by atoms with Crippen LogP contribution in [0.1, 0.15) is 0 Å². The van der Waals surface area contributed by atoms with E-state index in [0.717, 1.165) is 23.8 Å². The molecule has 25 heavy (non-hydrogen) atoms. The van der Waals surface area contributed by atoms with Crippen LogP contribution in [0.2, 0.25) is 15.1 Å². The quantitative estimate of drug-likeness (QED) is 0.830. The van der Waals surface area contributed by atoms with E-state index in [1.807, 2.05) is 42.5 Å². The summed E-state index contributed by atoms with van der Waals surface area (Å²) in [6, 6.07) is 14.9. The molecule has 1 aliphatic rings. The maximum atomic E-state index is 11.5. The van der Waals surface area contributed by atoms with Gasteiger partial charge in [-0.05, 0) is 30.3 Å². The van der Waals surface area contributed by atoms with Crippen LogP contribution in [-0.2, 0) is 4.79 Å². The number of hydrogen-bond acceptors (Lipinski definition) is 3. The van der Waals surface area contributed by atoms with Crippen LogP contribution in [-0.4, -0.2) is 43.5 Å². The average molecular weight is 401 g/mol. The number of carbonyl (C=O) groups excluding carboxylic acids is 1. The number of anilines is 1. The van der Waals surface area contributed by atoms with Crippen molar-refractivity contribution in [2.45, 2.75) is 0 Å². The van der Waals surface area contributed by atoms with Crippen LogP contribution >= 0.6 is 34.8 Å². The number of nitrogens with two attached hydrogens (primary N) is 1. The van der Waals surface area contributed by atoms with Gasteiger partial charge in [0, 0.05) is 36.2 Å². The van der Waals surface area contributed by atoms with Gasteiger partial charge in [0.25, 0.3) is 0 Å². The highest BCUT2D eigenvalue weighted by atomic mass is 35.5. The third-order valence-corrected chi connectivity index (χ3v) is 4.58. The number of nitrogens with zero attached hydrogens (tertiary/aromatic N) is 2. The van der Waals surface area contributed by atoms with Crippen molar-refractivity contribution in [2.75, 3.05) is 37.6 Å². The average Bonchev–Trinajstić information content (AvgIpc) is 2.62. The molecular formula is C18H20Cl3N3O. The minimum Gasteiger partial charge on any atom is -0.367 e. The lowest BCUT2D eigenvalue weighted by Gasteiger charge is -2.36. The normalized spacial score (nSPS) is 13.9. The maximum Gasteiger partial charge on any atom is 0.236 e. The molecule has 134 valence electrons. The summed E-state index contributed by atoms with van der Waals surface area (Å²) in [5.41, 5.74) is 6.31. The number of benzene rings is 2. The molecule has 1 aliphatic heterocycles. The van der Waals surface area contributed by atoms with Gasteiger partial charge in [0.15, 0.2) is 0 Å². The smallest absolute Gasteiger partial charge is 0.236 e. The molecule has 2 aromatic carbocycles. The molecule has 1 amide bonds. The van der Waals surface area contributed by atoms with Crippen LogP contribution < -0.4 is 10.6 Å². The molecule has 2 aromatic rings. The first-order chi connectivity index (χ1) is 12.0. The highest BCUT2D eigenvalue weighted by Crippen LogP contribution is 2.29. The van der Waals surface area contributed by atoms with Gasteiger partial charge in [-0.1, -0.05) is 53.0 Å². The fourth-order valence-electron chi connectivity index (χ4n) is 2.48. The van der Waals surface area contributed by atoms with Gasteiger partial charge in [0.2, 0.25) is 5.91 Å². The van der Waals surface area contributed by atoms with Gasteiger partial charge in [0.1, 0.15) is 0 Å². The molecule has 4 nitrogen and oxygen atoms in total. The highest BCUT2D eigenvalue weighted by molar-refractivity contribution is 6.36. The molecule has 1 fully saturated rings. The van der Waals surface area contributed by atoms with Crippen molar-refractivity contribution in [1.82, 2.24) is 4.90 Å². The SMILES string of the molecule is Clc1ccccc1.NCC(=O)N1CCN(c2ccc(Cl)cc2Cl)CC1. The Balaban J connectivity index is 0.000000269. The second-order valence-electron chi connectivity index (χ2n) is 5.46.